The van der Waals surface area contributed by atoms with Crippen molar-refractivity contribution >= 4 is 51.4 Å². The van der Waals surface area contributed by atoms with Crippen molar-refractivity contribution < 1.29 is 9.59 Å². The molecule has 0 saturated carbocycles. The first-order valence-corrected chi connectivity index (χ1v) is 12.0. The Labute approximate surface area is 203 Å². The van der Waals surface area contributed by atoms with Gasteiger partial charge in [0.1, 0.15) is 0 Å². The maximum Gasteiger partial charge on any atom is 0.272 e. The number of aryl methyl sites for hydroxylation is 2. The minimum atomic E-state index is -0.226. The number of carbonyl (C=O) groups is 2. The number of amides is 2. The number of fused-ring (bicyclic) bond motifs is 1. The summed E-state index contributed by atoms with van der Waals surface area (Å²) in [5.74, 6) is -0.401. The summed E-state index contributed by atoms with van der Waals surface area (Å²) < 4.78 is 0. The topological polar surface area (TPSA) is 53.0 Å². The smallest absolute Gasteiger partial charge is 0.272 e. The maximum absolute atomic E-state index is 14.0. The average Bonchev–Trinajstić information content (AvgIpc) is 3.26. The average molecular weight is 468 g/mol. The van der Waals surface area contributed by atoms with Gasteiger partial charge in [-0.25, -0.2) is 4.99 Å². The quantitative estimate of drug-likeness (QED) is 0.430. The van der Waals surface area contributed by atoms with Crippen LogP contribution in [0.3, 0.4) is 0 Å². The highest BCUT2D eigenvalue weighted by atomic mass is 32.2. The molecular weight excluding hydrogens is 442 g/mol. The Morgan fingerprint density at radius 2 is 1.38 bits per heavy atom. The zero-order chi connectivity index (χ0) is 24.1. The summed E-state index contributed by atoms with van der Waals surface area (Å²) in [7, 11) is 1.74. The molecule has 0 aliphatic carbocycles. The maximum atomic E-state index is 14.0. The van der Waals surface area contributed by atoms with E-state index in [0.717, 1.165) is 44.9 Å². The summed E-state index contributed by atoms with van der Waals surface area (Å²) in [5, 5.41) is 0.551. The molecule has 0 aromatic heterocycles. The number of hydrogen-bond acceptors (Lipinski definition) is 4. The highest BCUT2D eigenvalue weighted by Crippen LogP contribution is 2.46. The lowest BCUT2D eigenvalue weighted by molar-refractivity contribution is -0.115. The van der Waals surface area contributed by atoms with E-state index >= 15 is 0 Å². The van der Waals surface area contributed by atoms with Gasteiger partial charge in [-0.1, -0.05) is 42.5 Å². The Morgan fingerprint density at radius 1 is 0.735 bits per heavy atom. The number of hydrogen-bond donors (Lipinski definition) is 0. The molecule has 0 N–H and O–H groups in total. The van der Waals surface area contributed by atoms with Crippen LogP contribution in [0.25, 0.3) is 5.57 Å². The molecule has 2 amide bonds. The normalized spacial score (nSPS) is 18.9. The van der Waals surface area contributed by atoms with Gasteiger partial charge in [0, 0.05) is 12.6 Å². The van der Waals surface area contributed by atoms with E-state index in [1.807, 2.05) is 88.4 Å². The lowest BCUT2D eigenvalue weighted by Crippen LogP contribution is -2.30. The van der Waals surface area contributed by atoms with Crippen LogP contribution in [0.1, 0.15) is 27.8 Å². The number of amidine groups is 1. The zero-order valence-electron chi connectivity index (χ0n) is 19.8. The van der Waals surface area contributed by atoms with Crippen LogP contribution < -0.4 is 9.80 Å². The summed E-state index contributed by atoms with van der Waals surface area (Å²) in [6.45, 7) is 8.11. The summed E-state index contributed by atoms with van der Waals surface area (Å²) in [6.07, 6.45) is 0. The number of rotatable bonds is 2. The molecule has 3 aromatic carbocycles. The second kappa shape index (κ2) is 8.29. The lowest BCUT2D eigenvalue weighted by Gasteiger charge is -2.19. The SMILES string of the molecule is Cc1cccc(N=C2S/C(=C3\C(=O)N(C)c4ccccc43)C(=O)N2c2cccc(C)c2C)c1C. The molecule has 2 heterocycles. The Balaban J connectivity index is 1.75. The number of likely N-dealkylation sites (N-methyl/N-ethyl adjacent to an activating group) is 1. The fraction of sp³-hybridized carbons (Fsp3) is 0.179. The number of para-hydroxylation sites is 1. The molecule has 0 unspecified atom stereocenters. The van der Waals surface area contributed by atoms with Crippen molar-refractivity contribution in [3.05, 3.63) is 93.4 Å². The van der Waals surface area contributed by atoms with Gasteiger partial charge >= 0.3 is 0 Å². The summed E-state index contributed by atoms with van der Waals surface area (Å²) in [5.41, 5.74) is 7.91. The first kappa shape index (κ1) is 22.2. The summed E-state index contributed by atoms with van der Waals surface area (Å²) in [4.78, 5) is 35.9. The third-order valence-corrected chi connectivity index (χ3v) is 7.71. The molecule has 6 heteroatoms. The molecule has 2 aliphatic rings. The molecular formula is C28H25N3O2S. The Hall–Kier alpha value is -3.64. The Kier molecular flexibility index (Phi) is 5.41. The third kappa shape index (κ3) is 3.37. The van der Waals surface area contributed by atoms with E-state index in [1.165, 1.54) is 11.8 Å². The van der Waals surface area contributed by atoms with Crippen molar-refractivity contribution in [3.63, 3.8) is 0 Å². The molecule has 5 nitrogen and oxygen atoms in total. The van der Waals surface area contributed by atoms with Gasteiger partial charge in [0.15, 0.2) is 5.17 Å². The second-order valence-corrected chi connectivity index (χ2v) is 9.64. The summed E-state index contributed by atoms with van der Waals surface area (Å²) >= 11 is 1.27. The molecule has 1 saturated heterocycles. The van der Waals surface area contributed by atoms with Crippen LogP contribution in [0.2, 0.25) is 0 Å². The van der Waals surface area contributed by atoms with Crippen LogP contribution in [-0.4, -0.2) is 24.0 Å². The molecule has 2 aliphatic heterocycles. The van der Waals surface area contributed by atoms with Gasteiger partial charge in [0.25, 0.3) is 11.8 Å². The van der Waals surface area contributed by atoms with Crippen molar-refractivity contribution in [2.45, 2.75) is 27.7 Å². The number of carbonyl (C=O) groups excluding carboxylic acids is 2. The van der Waals surface area contributed by atoms with Crippen LogP contribution >= 0.6 is 11.8 Å². The highest BCUT2D eigenvalue weighted by molar-refractivity contribution is 8.19. The van der Waals surface area contributed by atoms with Crippen molar-refractivity contribution in [3.8, 4) is 0 Å². The minimum Gasteiger partial charge on any atom is -0.311 e. The third-order valence-electron chi connectivity index (χ3n) is 6.67. The highest BCUT2D eigenvalue weighted by Gasteiger charge is 2.42. The molecule has 0 bridgehead atoms. The van der Waals surface area contributed by atoms with E-state index in [9.17, 15) is 9.59 Å². The van der Waals surface area contributed by atoms with Gasteiger partial charge in [-0.15, -0.1) is 0 Å². The molecule has 0 radical (unpaired) electrons. The zero-order valence-corrected chi connectivity index (χ0v) is 20.7. The van der Waals surface area contributed by atoms with Gasteiger partial charge in [0.05, 0.1) is 27.5 Å². The predicted octanol–water partition coefficient (Wildman–Crippen LogP) is 6.08. The van der Waals surface area contributed by atoms with Gasteiger partial charge in [-0.3, -0.25) is 14.5 Å². The second-order valence-electron chi connectivity index (χ2n) is 8.66. The molecule has 34 heavy (non-hydrogen) atoms. The molecule has 5 rings (SSSR count). The number of thioether (sulfide) groups is 1. The molecule has 3 aromatic rings. The van der Waals surface area contributed by atoms with Gasteiger partial charge in [0.2, 0.25) is 0 Å². The van der Waals surface area contributed by atoms with Gasteiger partial charge < -0.3 is 4.90 Å². The Bertz CT molecular complexity index is 1440. The van der Waals surface area contributed by atoms with Crippen molar-refractivity contribution in [1.82, 2.24) is 0 Å². The first-order chi connectivity index (χ1) is 16.3. The summed E-state index contributed by atoms with van der Waals surface area (Å²) in [6, 6.07) is 19.5. The van der Waals surface area contributed by atoms with E-state index in [-0.39, 0.29) is 11.8 Å². The van der Waals surface area contributed by atoms with E-state index in [1.54, 1.807) is 16.8 Å². The van der Waals surface area contributed by atoms with Crippen molar-refractivity contribution in [2.24, 2.45) is 4.99 Å². The fourth-order valence-corrected chi connectivity index (χ4v) is 5.42. The van der Waals surface area contributed by atoms with E-state index in [4.69, 9.17) is 4.99 Å². The Morgan fingerprint density at radius 3 is 2.15 bits per heavy atom. The first-order valence-electron chi connectivity index (χ1n) is 11.1. The number of anilines is 2. The van der Waals surface area contributed by atoms with E-state index in [0.29, 0.717) is 15.6 Å². The lowest BCUT2D eigenvalue weighted by atomic mass is 10.1. The van der Waals surface area contributed by atoms with Crippen LogP contribution in [0, 0.1) is 27.7 Å². The van der Waals surface area contributed by atoms with Crippen LogP contribution in [-0.2, 0) is 9.59 Å². The molecule has 1 fully saturated rings. The number of aliphatic imine (C=N–C) groups is 1. The van der Waals surface area contributed by atoms with Crippen LogP contribution in [0.4, 0.5) is 17.1 Å². The standard InChI is InChI=1S/C28H25N3O2S/c1-16-10-8-13-21(18(16)3)29-28-31(22-15-9-11-17(2)19(22)4)27(33)25(34-28)24-20-12-6-7-14-23(20)30(5)26(24)32/h6-15H,1-5H3/b25-24-,29-28?. The monoisotopic (exact) mass is 467 g/mol. The number of nitrogens with zero attached hydrogens (tertiary/aromatic N) is 3. The van der Waals surface area contributed by atoms with Crippen LogP contribution in [0.5, 0.6) is 0 Å². The van der Waals surface area contributed by atoms with Crippen LogP contribution in [0.15, 0.2) is 70.6 Å². The van der Waals surface area contributed by atoms with E-state index in [2.05, 4.69) is 0 Å². The molecule has 0 spiro atoms. The predicted molar refractivity (Wildman–Crippen MR) is 141 cm³/mol. The largest absolute Gasteiger partial charge is 0.311 e. The van der Waals surface area contributed by atoms with Gasteiger partial charge in [-0.2, -0.15) is 0 Å². The molecule has 0 atom stereocenters. The molecule has 170 valence electrons. The number of benzene rings is 3. The van der Waals surface area contributed by atoms with Crippen molar-refractivity contribution in [1.29, 1.82) is 0 Å². The van der Waals surface area contributed by atoms with E-state index < -0.39 is 0 Å². The van der Waals surface area contributed by atoms with Gasteiger partial charge in [-0.05, 0) is 79.9 Å². The van der Waals surface area contributed by atoms with Crippen molar-refractivity contribution in [2.75, 3.05) is 16.8 Å². The minimum absolute atomic E-state index is 0.175. The fourth-order valence-electron chi connectivity index (χ4n) is 4.34.